The van der Waals surface area contributed by atoms with Gasteiger partial charge in [0.15, 0.2) is 0 Å². The van der Waals surface area contributed by atoms with Crippen LogP contribution in [0.5, 0.6) is 0 Å². The zero-order valence-electron chi connectivity index (χ0n) is 8.09. The molecule has 0 N–H and O–H groups in total. The minimum atomic E-state index is 0.907. The van der Waals surface area contributed by atoms with Crippen molar-refractivity contribution in [2.24, 2.45) is 0 Å². The Morgan fingerprint density at radius 2 is 2.21 bits per heavy atom. The van der Waals surface area contributed by atoms with Crippen molar-refractivity contribution in [3.8, 4) is 5.82 Å². The average molecular weight is 186 g/mol. The third kappa shape index (κ3) is 1.66. The molecule has 0 aliphatic heterocycles. The van der Waals surface area contributed by atoms with Gasteiger partial charge in [0.25, 0.3) is 0 Å². The fourth-order valence-electron chi connectivity index (χ4n) is 1.34. The van der Waals surface area contributed by atoms with Crippen molar-refractivity contribution in [2.75, 3.05) is 0 Å². The highest BCUT2D eigenvalue weighted by atomic mass is 15.1. The fourth-order valence-corrected chi connectivity index (χ4v) is 1.34. The van der Waals surface area contributed by atoms with Crippen LogP contribution in [-0.4, -0.2) is 14.5 Å². The van der Waals surface area contributed by atoms with Crippen LogP contribution in [0.15, 0.2) is 36.8 Å². The highest BCUT2D eigenvalue weighted by Gasteiger charge is 2.03. The lowest BCUT2D eigenvalue weighted by Gasteiger charge is -2.04. The van der Waals surface area contributed by atoms with Gasteiger partial charge in [0.1, 0.15) is 11.6 Å². The van der Waals surface area contributed by atoms with Crippen molar-refractivity contribution in [2.45, 2.75) is 13.3 Å². The van der Waals surface area contributed by atoms with Gasteiger partial charge in [-0.1, -0.05) is 13.0 Å². The van der Waals surface area contributed by atoms with E-state index >= 15 is 0 Å². The maximum absolute atomic E-state index is 4.27. The Labute approximate surface area is 83.4 Å². The number of nitrogens with zero attached hydrogens (tertiary/aromatic N) is 3. The molecule has 2 rings (SSSR count). The minimum absolute atomic E-state index is 0.907. The first-order valence-corrected chi connectivity index (χ1v) is 4.70. The van der Waals surface area contributed by atoms with Crippen LogP contribution in [-0.2, 0) is 0 Å². The van der Waals surface area contributed by atoms with Crippen molar-refractivity contribution in [1.29, 1.82) is 0 Å². The summed E-state index contributed by atoms with van der Waals surface area (Å²) in [6.07, 6.45) is 8.55. The molecule has 0 aliphatic carbocycles. The third-order valence-corrected chi connectivity index (χ3v) is 1.95. The highest BCUT2D eigenvalue weighted by molar-refractivity contribution is 5.26. The summed E-state index contributed by atoms with van der Waals surface area (Å²) >= 11 is 0. The quantitative estimate of drug-likeness (QED) is 0.736. The summed E-state index contributed by atoms with van der Waals surface area (Å²) in [5.41, 5.74) is 0. The van der Waals surface area contributed by atoms with Gasteiger partial charge in [-0.2, -0.15) is 0 Å². The number of pyridine rings is 1. The Morgan fingerprint density at radius 3 is 2.93 bits per heavy atom. The van der Waals surface area contributed by atoms with E-state index in [-0.39, 0.29) is 0 Å². The van der Waals surface area contributed by atoms with Crippen LogP contribution in [0.2, 0.25) is 0 Å². The van der Waals surface area contributed by atoms with Gasteiger partial charge >= 0.3 is 0 Å². The molecule has 0 atom stereocenters. The molecule has 2 aromatic heterocycles. The summed E-state index contributed by atoms with van der Waals surface area (Å²) in [6, 6.07) is 5.84. The molecular formula is C11H12N3. The van der Waals surface area contributed by atoms with E-state index in [0.29, 0.717) is 0 Å². The lowest BCUT2D eigenvalue weighted by Crippen LogP contribution is -2.00. The summed E-state index contributed by atoms with van der Waals surface area (Å²) in [7, 11) is 0. The molecule has 0 saturated carbocycles. The lowest BCUT2D eigenvalue weighted by atomic mass is 10.3. The Balaban J connectivity index is 2.37. The van der Waals surface area contributed by atoms with Gasteiger partial charge in [0.05, 0.1) is 0 Å². The van der Waals surface area contributed by atoms with Gasteiger partial charge < -0.3 is 0 Å². The van der Waals surface area contributed by atoms with E-state index in [9.17, 15) is 0 Å². The number of hydrogen-bond acceptors (Lipinski definition) is 2. The molecule has 0 aromatic carbocycles. The maximum atomic E-state index is 4.27. The fraction of sp³-hybridized carbons (Fsp3) is 0.182. The van der Waals surface area contributed by atoms with Gasteiger partial charge in [0, 0.05) is 25.0 Å². The topological polar surface area (TPSA) is 30.7 Å². The van der Waals surface area contributed by atoms with E-state index < -0.39 is 0 Å². The van der Waals surface area contributed by atoms with E-state index in [1.165, 1.54) is 0 Å². The zero-order valence-corrected chi connectivity index (χ0v) is 8.09. The molecule has 0 amide bonds. The van der Waals surface area contributed by atoms with Gasteiger partial charge in [0.2, 0.25) is 0 Å². The third-order valence-electron chi connectivity index (χ3n) is 1.95. The molecule has 14 heavy (non-hydrogen) atoms. The van der Waals surface area contributed by atoms with Crippen LogP contribution < -0.4 is 0 Å². The van der Waals surface area contributed by atoms with Crippen molar-refractivity contribution in [3.05, 3.63) is 49.0 Å². The normalized spacial score (nSPS) is 10.4. The second kappa shape index (κ2) is 4.05. The largest absolute Gasteiger partial charge is 0.288 e. The lowest BCUT2D eigenvalue weighted by molar-refractivity contribution is 0.912. The van der Waals surface area contributed by atoms with Gasteiger partial charge in [-0.3, -0.25) is 4.57 Å². The van der Waals surface area contributed by atoms with Crippen molar-refractivity contribution < 1.29 is 0 Å². The molecule has 3 heteroatoms. The number of imidazole rings is 1. The smallest absolute Gasteiger partial charge is 0.137 e. The summed E-state index contributed by atoms with van der Waals surface area (Å²) < 4.78 is 1.98. The van der Waals surface area contributed by atoms with Crippen molar-refractivity contribution >= 4 is 0 Å². The van der Waals surface area contributed by atoms with Crippen LogP contribution in [0.25, 0.3) is 5.82 Å². The molecular weight excluding hydrogens is 174 g/mol. The van der Waals surface area contributed by atoms with Crippen LogP contribution in [0.3, 0.4) is 0 Å². The average Bonchev–Trinajstić information content (AvgIpc) is 2.68. The molecule has 71 valence electrons. The van der Waals surface area contributed by atoms with Crippen LogP contribution in [0.4, 0.5) is 0 Å². The summed E-state index contributed by atoms with van der Waals surface area (Å²) in [6.45, 7) is 2.09. The molecule has 0 spiro atoms. The van der Waals surface area contributed by atoms with E-state index in [0.717, 1.165) is 18.1 Å². The Morgan fingerprint density at radius 1 is 1.29 bits per heavy atom. The monoisotopic (exact) mass is 186 g/mol. The first-order chi connectivity index (χ1) is 6.92. The molecule has 3 nitrogen and oxygen atoms in total. The summed E-state index contributed by atoms with van der Waals surface area (Å²) in [5, 5.41) is 0. The molecule has 0 saturated heterocycles. The highest BCUT2D eigenvalue weighted by Crippen LogP contribution is 2.09. The van der Waals surface area contributed by atoms with Gasteiger partial charge in [-0.05, 0) is 18.6 Å². The Bertz CT molecular complexity index is 392. The minimum Gasteiger partial charge on any atom is -0.288 e. The first-order valence-electron chi connectivity index (χ1n) is 4.70. The van der Waals surface area contributed by atoms with Gasteiger partial charge in [-0.25, -0.2) is 9.97 Å². The van der Waals surface area contributed by atoms with Gasteiger partial charge in [-0.15, -0.1) is 0 Å². The van der Waals surface area contributed by atoms with Crippen molar-refractivity contribution in [3.63, 3.8) is 0 Å². The summed E-state index contributed by atoms with van der Waals surface area (Å²) in [5.74, 6) is 1.86. The molecule has 2 heterocycles. The predicted molar refractivity (Wildman–Crippen MR) is 55.1 cm³/mol. The van der Waals surface area contributed by atoms with Crippen molar-refractivity contribution in [1.82, 2.24) is 14.5 Å². The standard InChI is InChI=1S/C11H12N3/c1-2-5-10-13-8-9-14(10)11-6-3-4-7-12-11/h3-9H,2H2,1H3. The van der Waals surface area contributed by atoms with E-state index in [4.69, 9.17) is 0 Å². The molecule has 0 bridgehead atoms. The van der Waals surface area contributed by atoms with E-state index in [1.54, 1.807) is 12.4 Å². The Hall–Kier alpha value is -1.64. The van der Waals surface area contributed by atoms with Crippen LogP contribution >= 0.6 is 0 Å². The van der Waals surface area contributed by atoms with Crippen LogP contribution in [0.1, 0.15) is 19.2 Å². The second-order valence-corrected chi connectivity index (χ2v) is 2.96. The maximum Gasteiger partial charge on any atom is 0.137 e. The van der Waals surface area contributed by atoms with Crippen LogP contribution in [0, 0.1) is 6.42 Å². The number of rotatable bonds is 3. The second-order valence-electron chi connectivity index (χ2n) is 2.96. The SMILES string of the molecule is CC[CH]c1nccn1-c1ccccn1. The number of aromatic nitrogens is 3. The summed E-state index contributed by atoms with van der Waals surface area (Å²) in [4.78, 5) is 8.52. The molecule has 0 fully saturated rings. The van der Waals surface area contributed by atoms with E-state index in [2.05, 4.69) is 23.3 Å². The molecule has 2 aromatic rings. The number of hydrogen-bond donors (Lipinski definition) is 0. The molecule has 1 radical (unpaired) electrons. The Kier molecular flexibility index (Phi) is 2.58. The zero-order chi connectivity index (χ0) is 9.80. The molecule has 0 unspecified atom stereocenters. The first kappa shape index (κ1) is 8.94. The predicted octanol–water partition coefficient (Wildman–Crippen LogP) is 2.23. The molecule has 0 aliphatic rings. The van der Waals surface area contributed by atoms with E-state index in [1.807, 2.05) is 29.0 Å².